The maximum atomic E-state index is 13.6. The molecule has 0 aliphatic carbocycles. The number of aromatic nitrogens is 2. The molecule has 0 atom stereocenters. The Labute approximate surface area is 217 Å². The van der Waals surface area contributed by atoms with Gasteiger partial charge in [0.05, 0.1) is 22.1 Å². The van der Waals surface area contributed by atoms with E-state index in [9.17, 15) is 13.2 Å². The van der Waals surface area contributed by atoms with Crippen LogP contribution in [0.4, 0.5) is 0 Å². The number of hydrogen-bond donors (Lipinski definition) is 0. The molecule has 0 unspecified atom stereocenters. The monoisotopic (exact) mass is 548 g/mol. The first-order valence-electron chi connectivity index (χ1n) is 11.0. The van der Waals surface area contributed by atoms with Crippen LogP contribution in [0.2, 0.25) is 10.0 Å². The lowest BCUT2D eigenvalue weighted by atomic mass is 10.2. The van der Waals surface area contributed by atoms with Crippen LogP contribution in [-0.4, -0.2) is 59.5 Å². The highest BCUT2D eigenvalue weighted by Crippen LogP contribution is 2.37. The Bertz CT molecular complexity index is 1540. The number of fused-ring (bicyclic) bond motifs is 1. The third-order valence-electron chi connectivity index (χ3n) is 6.14. The van der Waals surface area contributed by atoms with Gasteiger partial charge in [-0.25, -0.2) is 13.1 Å². The molecule has 182 valence electrons. The van der Waals surface area contributed by atoms with E-state index in [4.69, 9.17) is 23.2 Å². The van der Waals surface area contributed by atoms with Crippen LogP contribution >= 0.6 is 34.5 Å². The Morgan fingerprint density at radius 1 is 1.00 bits per heavy atom. The summed E-state index contributed by atoms with van der Waals surface area (Å²) in [7, 11) is -3.78. The number of para-hydroxylation sites is 1. The molecule has 2 aromatic carbocycles. The van der Waals surface area contributed by atoms with Gasteiger partial charge in [0, 0.05) is 41.3 Å². The van der Waals surface area contributed by atoms with Crippen molar-refractivity contribution in [3.05, 3.63) is 74.8 Å². The number of amides is 1. The Balaban J connectivity index is 1.36. The van der Waals surface area contributed by atoms with Gasteiger partial charge in [-0.1, -0.05) is 47.5 Å². The molecule has 7 nitrogen and oxygen atoms in total. The molecule has 35 heavy (non-hydrogen) atoms. The third-order valence-corrected chi connectivity index (χ3v) is 10.2. The van der Waals surface area contributed by atoms with Crippen LogP contribution < -0.4 is 0 Å². The summed E-state index contributed by atoms with van der Waals surface area (Å²) in [5.41, 5.74) is 1.80. The van der Waals surface area contributed by atoms with Gasteiger partial charge in [-0.05, 0) is 38.1 Å². The summed E-state index contributed by atoms with van der Waals surface area (Å²) in [6, 6.07) is 14.8. The summed E-state index contributed by atoms with van der Waals surface area (Å²) in [5.74, 6) is -0.200. The van der Waals surface area contributed by atoms with E-state index in [-0.39, 0.29) is 37.0 Å². The Morgan fingerprint density at radius 3 is 2.37 bits per heavy atom. The lowest BCUT2D eigenvalue weighted by Crippen LogP contribution is -2.50. The fraction of sp³-hybridized carbons (Fsp3) is 0.250. The number of nitrogens with zero attached hydrogens (tertiary/aromatic N) is 4. The van der Waals surface area contributed by atoms with Crippen molar-refractivity contribution in [3.63, 3.8) is 0 Å². The maximum absolute atomic E-state index is 13.6. The van der Waals surface area contributed by atoms with Crippen LogP contribution in [0, 0.1) is 13.8 Å². The summed E-state index contributed by atoms with van der Waals surface area (Å²) in [5, 5.41) is 6.25. The number of halogens is 2. The first kappa shape index (κ1) is 24.3. The van der Waals surface area contributed by atoms with Gasteiger partial charge < -0.3 is 4.90 Å². The number of carbonyl (C=O) groups is 1. The fourth-order valence-electron chi connectivity index (χ4n) is 4.40. The minimum absolute atomic E-state index is 0.192. The molecule has 1 aliphatic heterocycles. The normalized spacial score (nSPS) is 15.1. The van der Waals surface area contributed by atoms with E-state index < -0.39 is 10.0 Å². The van der Waals surface area contributed by atoms with Crippen molar-refractivity contribution >= 4 is 60.6 Å². The lowest BCUT2D eigenvalue weighted by Gasteiger charge is -2.33. The quantitative estimate of drug-likeness (QED) is 0.353. The Kier molecular flexibility index (Phi) is 6.39. The Morgan fingerprint density at radius 2 is 1.69 bits per heavy atom. The SMILES string of the molecule is Cc1nn(-c2ccccc2)c(C)c1S(=O)(=O)N1CCN(C(=O)c2sc3cc(Cl)ccc3c2Cl)CC1. The zero-order chi connectivity index (χ0) is 24.9. The smallest absolute Gasteiger partial charge is 0.265 e. The molecule has 1 fully saturated rings. The molecule has 0 saturated carbocycles. The van der Waals surface area contributed by atoms with E-state index in [1.807, 2.05) is 30.3 Å². The van der Waals surface area contributed by atoms with Gasteiger partial charge in [-0.3, -0.25) is 4.79 Å². The van der Waals surface area contributed by atoms with Crippen LogP contribution in [0.3, 0.4) is 0 Å². The number of piperazine rings is 1. The summed E-state index contributed by atoms with van der Waals surface area (Å²) < 4.78 is 31.0. The largest absolute Gasteiger partial charge is 0.335 e. The maximum Gasteiger partial charge on any atom is 0.265 e. The van der Waals surface area contributed by atoms with Gasteiger partial charge in [0.1, 0.15) is 9.77 Å². The van der Waals surface area contributed by atoms with Gasteiger partial charge >= 0.3 is 0 Å². The fourth-order valence-corrected chi connectivity index (χ4v) is 7.94. The van der Waals surface area contributed by atoms with Crippen molar-refractivity contribution in [2.24, 2.45) is 0 Å². The predicted molar refractivity (Wildman–Crippen MR) is 140 cm³/mol. The average Bonchev–Trinajstić information content (AvgIpc) is 3.34. The van der Waals surface area contributed by atoms with Crippen molar-refractivity contribution in [3.8, 4) is 5.69 Å². The molecule has 1 saturated heterocycles. The average molecular weight is 550 g/mol. The number of carbonyl (C=O) groups excluding carboxylic acids is 1. The van der Waals surface area contributed by atoms with Crippen molar-refractivity contribution in [1.29, 1.82) is 0 Å². The van der Waals surface area contributed by atoms with Gasteiger partial charge in [0.2, 0.25) is 10.0 Å². The van der Waals surface area contributed by atoms with Gasteiger partial charge in [-0.15, -0.1) is 11.3 Å². The molecule has 11 heteroatoms. The van der Waals surface area contributed by atoms with Crippen molar-refractivity contribution in [1.82, 2.24) is 19.0 Å². The number of rotatable bonds is 4. The van der Waals surface area contributed by atoms with Crippen LogP contribution in [0.15, 0.2) is 53.4 Å². The second-order valence-electron chi connectivity index (χ2n) is 8.33. The van der Waals surface area contributed by atoms with Crippen molar-refractivity contribution in [2.75, 3.05) is 26.2 Å². The van der Waals surface area contributed by atoms with E-state index in [1.165, 1.54) is 15.6 Å². The summed E-state index contributed by atoms with van der Waals surface area (Å²) >= 11 is 13.9. The number of sulfonamides is 1. The number of aryl methyl sites for hydroxylation is 1. The molecule has 3 heterocycles. The molecular weight excluding hydrogens is 527 g/mol. The molecule has 0 radical (unpaired) electrons. The minimum atomic E-state index is -3.78. The highest BCUT2D eigenvalue weighted by Gasteiger charge is 2.35. The Hall–Kier alpha value is -2.43. The van der Waals surface area contributed by atoms with Crippen molar-refractivity contribution in [2.45, 2.75) is 18.7 Å². The van der Waals surface area contributed by atoms with Crippen LogP contribution in [-0.2, 0) is 10.0 Å². The molecule has 0 bridgehead atoms. The van der Waals surface area contributed by atoms with Gasteiger partial charge in [0.25, 0.3) is 5.91 Å². The first-order chi connectivity index (χ1) is 16.7. The zero-order valence-corrected chi connectivity index (χ0v) is 22.2. The highest BCUT2D eigenvalue weighted by molar-refractivity contribution is 7.89. The topological polar surface area (TPSA) is 75.5 Å². The van der Waals surface area contributed by atoms with E-state index in [0.717, 1.165) is 15.8 Å². The predicted octanol–water partition coefficient (Wildman–Crippen LogP) is 5.16. The molecule has 1 aliphatic rings. The van der Waals surface area contributed by atoms with Crippen LogP contribution in [0.1, 0.15) is 21.1 Å². The molecule has 0 N–H and O–H groups in total. The lowest BCUT2D eigenvalue weighted by molar-refractivity contribution is 0.0703. The number of benzene rings is 2. The third kappa shape index (κ3) is 4.25. The van der Waals surface area contributed by atoms with Crippen molar-refractivity contribution < 1.29 is 13.2 Å². The standard InChI is InChI=1S/C24H22Cl2N4O3S2/c1-15-23(16(2)30(27-15)18-6-4-3-5-7-18)35(32,33)29-12-10-28(11-13-29)24(31)22-21(26)19-9-8-17(25)14-20(19)34-22/h3-9,14H,10-13H2,1-2H3. The zero-order valence-electron chi connectivity index (χ0n) is 19.0. The first-order valence-corrected chi connectivity index (χ1v) is 14.0. The number of thiophene rings is 1. The van der Waals surface area contributed by atoms with E-state index in [2.05, 4.69) is 5.10 Å². The molecule has 0 spiro atoms. The summed E-state index contributed by atoms with van der Waals surface area (Å²) in [6.07, 6.45) is 0. The van der Waals surface area contributed by atoms with Crippen LogP contribution in [0.5, 0.6) is 0 Å². The molecule has 5 rings (SSSR count). The second kappa shape index (κ2) is 9.22. The molecule has 2 aromatic heterocycles. The van der Waals surface area contributed by atoms with E-state index >= 15 is 0 Å². The van der Waals surface area contributed by atoms with Gasteiger partial charge in [-0.2, -0.15) is 9.40 Å². The molecule has 4 aromatic rings. The molecular formula is C24H22Cl2N4O3S2. The highest BCUT2D eigenvalue weighted by atomic mass is 35.5. The van der Waals surface area contributed by atoms with Gasteiger partial charge in [0.15, 0.2) is 0 Å². The van der Waals surface area contributed by atoms with E-state index in [0.29, 0.717) is 26.3 Å². The second-order valence-corrected chi connectivity index (χ2v) is 12.1. The van der Waals surface area contributed by atoms with Crippen LogP contribution in [0.25, 0.3) is 15.8 Å². The summed E-state index contributed by atoms with van der Waals surface area (Å²) in [6.45, 7) is 4.39. The molecule has 1 amide bonds. The minimum Gasteiger partial charge on any atom is -0.335 e. The summed E-state index contributed by atoms with van der Waals surface area (Å²) in [4.78, 5) is 15.5. The van der Waals surface area contributed by atoms with E-state index in [1.54, 1.807) is 41.6 Å². The number of hydrogen-bond acceptors (Lipinski definition) is 5.